The van der Waals surface area contributed by atoms with Gasteiger partial charge in [-0.05, 0) is 19.4 Å². The molecule has 1 aliphatic heterocycles. The molecule has 1 fully saturated rings. The van der Waals surface area contributed by atoms with E-state index >= 15 is 0 Å². The number of carboxylic acids is 1. The third-order valence-electron chi connectivity index (χ3n) is 3.13. The van der Waals surface area contributed by atoms with Gasteiger partial charge in [-0.3, -0.25) is 19.3 Å². The lowest BCUT2D eigenvalue weighted by Gasteiger charge is -2.34. The monoisotopic (exact) mass is 256 g/mol. The fourth-order valence-electron chi connectivity index (χ4n) is 2.14. The molecule has 0 aliphatic carbocycles. The summed E-state index contributed by atoms with van der Waals surface area (Å²) in [5.41, 5.74) is 0. The Morgan fingerprint density at radius 1 is 1.33 bits per heavy atom. The second-order valence-electron chi connectivity index (χ2n) is 4.48. The van der Waals surface area contributed by atoms with Gasteiger partial charge < -0.3 is 10.4 Å². The van der Waals surface area contributed by atoms with E-state index in [-0.39, 0.29) is 18.2 Å². The number of carboxylic acid groups (broad SMARTS) is 1. The number of aldehydes is 1. The van der Waals surface area contributed by atoms with Crippen LogP contribution in [-0.4, -0.2) is 60.3 Å². The number of aliphatic carboxylic acids is 1. The van der Waals surface area contributed by atoms with Gasteiger partial charge in [-0.1, -0.05) is 6.42 Å². The molecule has 1 aliphatic rings. The van der Waals surface area contributed by atoms with Crippen LogP contribution in [0.3, 0.4) is 0 Å². The normalized spacial score (nSPS) is 20.6. The number of unbranched alkanes of at least 4 members (excludes halogenated alkanes) is 2. The second-order valence-corrected chi connectivity index (χ2v) is 4.48. The van der Waals surface area contributed by atoms with Gasteiger partial charge in [-0.2, -0.15) is 0 Å². The molecule has 0 aromatic heterocycles. The van der Waals surface area contributed by atoms with Gasteiger partial charge in [0, 0.05) is 26.1 Å². The van der Waals surface area contributed by atoms with Crippen molar-refractivity contribution in [3.05, 3.63) is 0 Å². The fraction of sp³-hybridized carbons (Fsp3) is 0.750. The molecule has 1 heterocycles. The Labute approximate surface area is 106 Å². The SMILES string of the molecule is O=CC(=O)C1CNCCN1CCCCCC(=O)O. The van der Waals surface area contributed by atoms with E-state index in [0.717, 1.165) is 32.5 Å². The number of hydrogen-bond donors (Lipinski definition) is 2. The van der Waals surface area contributed by atoms with Crippen molar-refractivity contribution in [3.63, 3.8) is 0 Å². The highest BCUT2D eigenvalue weighted by atomic mass is 16.4. The number of piperazine rings is 1. The van der Waals surface area contributed by atoms with E-state index in [2.05, 4.69) is 5.32 Å². The average Bonchev–Trinajstić information content (AvgIpc) is 2.37. The molecular weight excluding hydrogens is 236 g/mol. The van der Waals surface area contributed by atoms with Crippen LogP contribution in [0.4, 0.5) is 0 Å². The molecule has 0 aromatic rings. The first-order valence-corrected chi connectivity index (χ1v) is 6.30. The van der Waals surface area contributed by atoms with Crippen LogP contribution < -0.4 is 5.32 Å². The molecule has 2 N–H and O–H groups in total. The number of carbonyl (C=O) groups excluding carboxylic acids is 2. The van der Waals surface area contributed by atoms with Crippen LogP contribution in [0.25, 0.3) is 0 Å². The van der Waals surface area contributed by atoms with Gasteiger partial charge >= 0.3 is 5.97 Å². The summed E-state index contributed by atoms with van der Waals surface area (Å²) in [5.74, 6) is -1.15. The van der Waals surface area contributed by atoms with Gasteiger partial charge in [0.15, 0.2) is 6.29 Å². The molecule has 0 aromatic carbocycles. The quantitative estimate of drug-likeness (QED) is 0.351. The summed E-state index contributed by atoms with van der Waals surface area (Å²) in [4.78, 5) is 34.3. The summed E-state index contributed by atoms with van der Waals surface area (Å²) in [5, 5.41) is 11.6. The number of hydrogen-bond acceptors (Lipinski definition) is 5. The van der Waals surface area contributed by atoms with Gasteiger partial charge in [-0.15, -0.1) is 0 Å². The number of ketones is 1. The topological polar surface area (TPSA) is 86.7 Å². The van der Waals surface area contributed by atoms with Crippen molar-refractivity contribution >= 4 is 18.0 Å². The molecule has 1 saturated heterocycles. The van der Waals surface area contributed by atoms with E-state index < -0.39 is 5.97 Å². The van der Waals surface area contributed by atoms with Crippen LogP contribution >= 0.6 is 0 Å². The smallest absolute Gasteiger partial charge is 0.303 e. The standard InChI is InChI=1S/C12H20N2O4/c15-9-11(16)10-8-13-5-7-14(10)6-3-1-2-4-12(17)18/h9-10,13H,1-8H2,(H,17,18). The maximum Gasteiger partial charge on any atom is 0.303 e. The van der Waals surface area contributed by atoms with Crippen LogP contribution in [0.1, 0.15) is 25.7 Å². The van der Waals surface area contributed by atoms with Crippen molar-refractivity contribution < 1.29 is 19.5 Å². The van der Waals surface area contributed by atoms with Crippen LogP contribution in [-0.2, 0) is 14.4 Å². The van der Waals surface area contributed by atoms with Crippen molar-refractivity contribution in [2.45, 2.75) is 31.7 Å². The summed E-state index contributed by atoms with van der Waals surface area (Å²) < 4.78 is 0. The molecule has 0 amide bonds. The largest absolute Gasteiger partial charge is 0.481 e. The fourth-order valence-corrected chi connectivity index (χ4v) is 2.14. The Morgan fingerprint density at radius 2 is 2.11 bits per heavy atom. The maximum absolute atomic E-state index is 11.4. The molecule has 0 saturated carbocycles. The summed E-state index contributed by atoms with van der Waals surface area (Å²) in [6.45, 7) is 2.83. The van der Waals surface area contributed by atoms with Crippen LogP contribution in [0.5, 0.6) is 0 Å². The zero-order chi connectivity index (χ0) is 13.4. The molecule has 1 unspecified atom stereocenters. The minimum absolute atomic E-state index is 0.193. The van der Waals surface area contributed by atoms with E-state index in [1.165, 1.54) is 0 Å². The van der Waals surface area contributed by atoms with Gasteiger partial charge in [0.2, 0.25) is 5.78 Å². The summed E-state index contributed by atoms with van der Waals surface area (Å²) >= 11 is 0. The lowest BCUT2D eigenvalue weighted by atomic mass is 10.1. The molecule has 6 nitrogen and oxygen atoms in total. The second kappa shape index (κ2) is 7.94. The van der Waals surface area contributed by atoms with Crippen LogP contribution in [0.2, 0.25) is 0 Å². The van der Waals surface area contributed by atoms with Crippen molar-refractivity contribution in [2.75, 3.05) is 26.2 Å². The minimum atomic E-state index is -0.772. The third kappa shape index (κ3) is 4.93. The summed E-state index contributed by atoms with van der Waals surface area (Å²) in [6.07, 6.45) is 2.93. The van der Waals surface area contributed by atoms with Crippen molar-refractivity contribution in [2.24, 2.45) is 0 Å². The Morgan fingerprint density at radius 3 is 2.78 bits per heavy atom. The predicted molar refractivity (Wildman–Crippen MR) is 65.4 cm³/mol. The number of nitrogens with one attached hydrogen (secondary N) is 1. The highest BCUT2D eigenvalue weighted by molar-refractivity contribution is 6.27. The molecule has 0 spiro atoms. The Hall–Kier alpha value is -1.27. The van der Waals surface area contributed by atoms with Crippen molar-refractivity contribution in [1.82, 2.24) is 10.2 Å². The van der Waals surface area contributed by atoms with Gasteiger partial charge in [0.1, 0.15) is 0 Å². The lowest BCUT2D eigenvalue weighted by molar-refractivity contribution is -0.137. The Bertz CT molecular complexity index is 306. The van der Waals surface area contributed by atoms with Crippen molar-refractivity contribution in [1.29, 1.82) is 0 Å². The lowest BCUT2D eigenvalue weighted by Crippen LogP contribution is -2.55. The highest BCUT2D eigenvalue weighted by Gasteiger charge is 2.27. The molecule has 0 radical (unpaired) electrons. The van der Waals surface area contributed by atoms with E-state index in [1.807, 2.05) is 4.90 Å². The van der Waals surface area contributed by atoms with E-state index in [9.17, 15) is 14.4 Å². The molecule has 18 heavy (non-hydrogen) atoms. The first kappa shape index (κ1) is 14.8. The number of carbonyl (C=O) groups is 3. The van der Waals surface area contributed by atoms with Crippen molar-refractivity contribution in [3.8, 4) is 0 Å². The molecule has 6 heteroatoms. The number of rotatable bonds is 8. The summed E-state index contributed by atoms with van der Waals surface area (Å²) in [7, 11) is 0. The zero-order valence-electron chi connectivity index (χ0n) is 10.4. The zero-order valence-corrected chi connectivity index (χ0v) is 10.4. The van der Waals surface area contributed by atoms with E-state index in [0.29, 0.717) is 19.3 Å². The molecule has 102 valence electrons. The van der Waals surface area contributed by atoms with Gasteiger partial charge in [0.05, 0.1) is 6.04 Å². The Balaban J connectivity index is 2.27. The van der Waals surface area contributed by atoms with Gasteiger partial charge in [0.25, 0.3) is 0 Å². The third-order valence-corrected chi connectivity index (χ3v) is 3.13. The maximum atomic E-state index is 11.4. The summed E-state index contributed by atoms with van der Waals surface area (Å²) in [6, 6.07) is -0.351. The highest BCUT2D eigenvalue weighted by Crippen LogP contribution is 2.08. The predicted octanol–water partition coefficient (Wildman–Crippen LogP) is -0.327. The number of nitrogens with zero attached hydrogens (tertiary/aromatic N) is 1. The van der Waals surface area contributed by atoms with Crippen LogP contribution in [0, 0.1) is 0 Å². The molecular formula is C12H20N2O4. The van der Waals surface area contributed by atoms with E-state index in [4.69, 9.17) is 5.11 Å². The first-order valence-electron chi connectivity index (χ1n) is 6.30. The minimum Gasteiger partial charge on any atom is -0.481 e. The number of Topliss-reactive ketones (excluding diaryl/α,β-unsaturated/α-hetero) is 1. The van der Waals surface area contributed by atoms with E-state index in [1.54, 1.807) is 0 Å². The Kier molecular flexibility index (Phi) is 6.53. The molecule has 1 rings (SSSR count). The molecule has 0 bridgehead atoms. The van der Waals surface area contributed by atoms with Crippen LogP contribution in [0.15, 0.2) is 0 Å². The molecule has 1 atom stereocenters. The first-order chi connectivity index (χ1) is 8.65. The average molecular weight is 256 g/mol. The van der Waals surface area contributed by atoms with Gasteiger partial charge in [-0.25, -0.2) is 0 Å².